The van der Waals surface area contributed by atoms with Gasteiger partial charge in [-0.05, 0) is 20.8 Å². The number of anilines is 1. The Morgan fingerprint density at radius 3 is 2.35 bits per heavy atom. The third-order valence-corrected chi connectivity index (χ3v) is 3.84. The van der Waals surface area contributed by atoms with Gasteiger partial charge in [-0.2, -0.15) is 0 Å². The maximum atomic E-state index is 12.0. The summed E-state index contributed by atoms with van der Waals surface area (Å²) in [7, 11) is 0. The second kappa shape index (κ2) is 5.92. The minimum Gasteiger partial charge on any atom is -0.444 e. The number of fused-ring (bicyclic) bond motifs is 1. The van der Waals surface area contributed by atoms with Crippen LogP contribution in [0.4, 0.5) is 9.93 Å². The molecule has 0 spiro atoms. The fourth-order valence-electron chi connectivity index (χ4n) is 1.70. The van der Waals surface area contributed by atoms with Gasteiger partial charge in [0, 0.05) is 5.41 Å². The van der Waals surface area contributed by atoms with Crippen LogP contribution in [0.15, 0.2) is 4.99 Å². The first-order chi connectivity index (χ1) is 10.5. The number of nitrogens with one attached hydrogen (secondary N) is 2. The predicted molar refractivity (Wildman–Crippen MR) is 89.8 cm³/mol. The first-order valence-corrected chi connectivity index (χ1v) is 8.13. The van der Waals surface area contributed by atoms with Gasteiger partial charge in [-0.15, -0.1) is 0 Å². The molecule has 0 unspecified atom stereocenters. The number of aliphatic imine (C=N–C) groups is 1. The molecule has 0 saturated heterocycles. The minimum absolute atomic E-state index is 0.108. The van der Waals surface area contributed by atoms with Crippen LogP contribution < -0.4 is 10.6 Å². The molecule has 0 aliphatic carbocycles. The molecule has 1 aliphatic heterocycles. The van der Waals surface area contributed by atoms with Gasteiger partial charge >= 0.3 is 6.09 Å². The number of amides is 2. The van der Waals surface area contributed by atoms with Gasteiger partial charge in [0.1, 0.15) is 11.4 Å². The summed E-state index contributed by atoms with van der Waals surface area (Å²) in [5.41, 5.74) is -0.335. The van der Waals surface area contributed by atoms with E-state index in [9.17, 15) is 9.59 Å². The molecule has 0 aromatic carbocycles. The Labute approximate surface area is 139 Å². The molecule has 1 aliphatic rings. The number of nitrogens with zero attached hydrogens (tertiary/aromatic N) is 2. The first kappa shape index (κ1) is 17.4. The lowest BCUT2D eigenvalue weighted by molar-refractivity contribution is -0.123. The summed E-state index contributed by atoms with van der Waals surface area (Å²) in [5.74, 6) is 0.325. The third-order valence-electron chi connectivity index (χ3n) is 2.82. The van der Waals surface area contributed by atoms with E-state index in [4.69, 9.17) is 4.74 Å². The zero-order valence-electron chi connectivity index (χ0n) is 14.2. The summed E-state index contributed by atoms with van der Waals surface area (Å²) >= 11 is 1.29. The molecule has 0 fully saturated rings. The van der Waals surface area contributed by atoms with E-state index in [1.165, 1.54) is 11.3 Å². The average Bonchev–Trinajstić information content (AvgIpc) is 2.87. The van der Waals surface area contributed by atoms with Crippen molar-refractivity contribution in [2.75, 3.05) is 5.32 Å². The highest BCUT2D eigenvalue weighted by Crippen LogP contribution is 2.29. The molecule has 0 saturated carbocycles. The number of thiazole rings is 1. The lowest BCUT2D eigenvalue weighted by atomic mass is 9.96. The highest BCUT2D eigenvalue weighted by Gasteiger charge is 2.27. The van der Waals surface area contributed by atoms with Crippen molar-refractivity contribution in [1.29, 1.82) is 0 Å². The molecule has 1 aromatic rings. The van der Waals surface area contributed by atoms with Crippen molar-refractivity contribution in [3.05, 3.63) is 10.6 Å². The Balaban J connectivity index is 2.06. The van der Waals surface area contributed by atoms with Crippen LogP contribution in [0.5, 0.6) is 0 Å². The highest BCUT2D eigenvalue weighted by atomic mass is 32.1. The molecular weight excluding hydrogens is 316 g/mol. The Hall–Kier alpha value is -1.96. The van der Waals surface area contributed by atoms with Gasteiger partial charge in [-0.1, -0.05) is 32.1 Å². The van der Waals surface area contributed by atoms with Crippen molar-refractivity contribution >= 4 is 34.3 Å². The Morgan fingerprint density at radius 1 is 1.13 bits per heavy atom. The second-order valence-corrected chi connectivity index (χ2v) is 8.29. The van der Waals surface area contributed by atoms with Gasteiger partial charge in [0.05, 0.1) is 17.1 Å². The number of ether oxygens (including phenoxy) is 1. The smallest absolute Gasteiger partial charge is 0.413 e. The van der Waals surface area contributed by atoms with Crippen molar-refractivity contribution in [2.45, 2.75) is 53.7 Å². The van der Waals surface area contributed by atoms with Crippen LogP contribution in [0.2, 0.25) is 0 Å². The van der Waals surface area contributed by atoms with Gasteiger partial charge in [-0.25, -0.2) is 9.78 Å². The molecule has 23 heavy (non-hydrogen) atoms. The van der Waals surface area contributed by atoms with Crippen molar-refractivity contribution in [3.63, 3.8) is 0 Å². The molecule has 7 nitrogen and oxygen atoms in total. The fourth-order valence-corrected chi connectivity index (χ4v) is 2.64. The summed E-state index contributed by atoms with van der Waals surface area (Å²) in [4.78, 5) is 33.2. The zero-order valence-corrected chi connectivity index (χ0v) is 15.1. The fraction of sp³-hybridized carbons (Fsp3) is 0.600. The van der Waals surface area contributed by atoms with E-state index in [1.54, 1.807) is 20.8 Å². The molecule has 0 bridgehead atoms. The van der Waals surface area contributed by atoms with Crippen LogP contribution in [0, 0.1) is 5.41 Å². The normalized spacial score (nSPS) is 14.1. The van der Waals surface area contributed by atoms with E-state index in [2.05, 4.69) is 20.6 Å². The number of rotatable bonds is 1. The lowest BCUT2D eigenvalue weighted by Crippen LogP contribution is -2.36. The maximum Gasteiger partial charge on any atom is 0.413 e. The standard InChI is InChI=1S/C15H22N4O3S/c1-14(2,3)11(20)19-12-17-8-7-16-10(9(8)23-12)18-13(21)22-15(4,5)6/h7H2,1-6H3,(H,16,18,21)(H,17,19,20). The van der Waals surface area contributed by atoms with Gasteiger partial charge in [0.2, 0.25) is 5.91 Å². The summed E-state index contributed by atoms with van der Waals surface area (Å²) in [6.07, 6.45) is -0.558. The molecular formula is C15H22N4O3S. The number of aromatic nitrogens is 1. The number of hydrogen-bond donors (Lipinski definition) is 2. The SMILES string of the molecule is CC(C)(C)OC(=O)NC1=NCc2nc(NC(=O)C(C)(C)C)sc21. The van der Waals surface area contributed by atoms with Crippen LogP contribution in [0.1, 0.15) is 52.1 Å². The Bertz CT molecular complexity index is 665. The predicted octanol–water partition coefficient (Wildman–Crippen LogP) is 2.91. The summed E-state index contributed by atoms with van der Waals surface area (Å²) in [6, 6.07) is 0. The summed E-state index contributed by atoms with van der Waals surface area (Å²) in [6.45, 7) is 11.3. The monoisotopic (exact) mass is 338 g/mol. The summed E-state index contributed by atoms with van der Waals surface area (Å²) < 4.78 is 5.21. The molecule has 2 N–H and O–H groups in total. The number of amidine groups is 1. The molecule has 1 aromatic heterocycles. The van der Waals surface area contributed by atoms with Gasteiger partial charge in [0.15, 0.2) is 5.13 Å². The molecule has 126 valence electrons. The van der Waals surface area contributed by atoms with Gasteiger partial charge in [-0.3, -0.25) is 15.1 Å². The quantitative estimate of drug-likeness (QED) is 0.823. The Morgan fingerprint density at radius 2 is 1.78 bits per heavy atom. The number of alkyl carbamates (subject to hydrolysis) is 1. The second-order valence-electron chi connectivity index (χ2n) is 7.29. The number of hydrogen-bond acceptors (Lipinski definition) is 6. The molecule has 0 atom stereocenters. The van der Waals surface area contributed by atoms with Crippen molar-refractivity contribution in [3.8, 4) is 0 Å². The van der Waals surface area contributed by atoms with Gasteiger partial charge in [0.25, 0.3) is 0 Å². The van der Waals surface area contributed by atoms with E-state index in [-0.39, 0.29) is 5.91 Å². The number of carbonyl (C=O) groups is 2. The topological polar surface area (TPSA) is 92.7 Å². The van der Waals surface area contributed by atoms with Gasteiger partial charge < -0.3 is 10.1 Å². The van der Waals surface area contributed by atoms with Crippen molar-refractivity contribution in [2.24, 2.45) is 10.4 Å². The maximum absolute atomic E-state index is 12.0. The van der Waals surface area contributed by atoms with E-state index in [0.29, 0.717) is 17.5 Å². The molecule has 8 heteroatoms. The third kappa shape index (κ3) is 4.51. The van der Waals surface area contributed by atoms with Crippen molar-refractivity contribution in [1.82, 2.24) is 10.3 Å². The highest BCUT2D eigenvalue weighted by molar-refractivity contribution is 7.18. The molecule has 2 heterocycles. The van der Waals surface area contributed by atoms with Crippen molar-refractivity contribution < 1.29 is 14.3 Å². The summed E-state index contributed by atoms with van der Waals surface area (Å²) in [5, 5.41) is 5.94. The van der Waals surface area contributed by atoms with Crippen LogP contribution in [-0.2, 0) is 16.1 Å². The minimum atomic E-state index is -0.578. The van der Waals surface area contributed by atoms with E-state index < -0.39 is 17.1 Å². The Kier molecular flexibility index (Phi) is 4.48. The number of carbonyl (C=O) groups excluding carboxylic acids is 2. The molecule has 2 amide bonds. The van der Waals surface area contributed by atoms with Crippen LogP contribution in [-0.4, -0.2) is 28.4 Å². The molecule has 2 rings (SSSR count). The first-order valence-electron chi connectivity index (χ1n) is 7.32. The van der Waals surface area contributed by atoms with Crippen LogP contribution in [0.25, 0.3) is 0 Å². The lowest BCUT2D eigenvalue weighted by Gasteiger charge is -2.19. The molecule has 0 radical (unpaired) electrons. The van der Waals surface area contributed by atoms with E-state index in [0.717, 1.165) is 10.6 Å². The zero-order chi connectivity index (χ0) is 17.4. The van der Waals surface area contributed by atoms with E-state index in [1.807, 2.05) is 20.8 Å². The average molecular weight is 338 g/mol. The van der Waals surface area contributed by atoms with Crippen LogP contribution >= 0.6 is 11.3 Å². The largest absolute Gasteiger partial charge is 0.444 e. The van der Waals surface area contributed by atoms with Crippen LogP contribution in [0.3, 0.4) is 0 Å². The van der Waals surface area contributed by atoms with E-state index >= 15 is 0 Å².